The van der Waals surface area contributed by atoms with E-state index in [-0.39, 0.29) is 28.0 Å². The van der Waals surface area contributed by atoms with Crippen molar-refractivity contribution in [3.05, 3.63) is 0 Å². The summed E-state index contributed by atoms with van der Waals surface area (Å²) in [4.78, 5) is 0. The van der Waals surface area contributed by atoms with Crippen LogP contribution in [0.5, 0.6) is 0 Å². The van der Waals surface area contributed by atoms with E-state index in [0.29, 0.717) is 0 Å². The first-order chi connectivity index (χ1) is 1.41. The van der Waals surface area contributed by atoms with Crippen LogP contribution in [0, 0.1) is 0 Å². The van der Waals surface area contributed by atoms with Gasteiger partial charge in [-0.05, 0) is 0 Å². The Balaban J connectivity index is -0.00000000667. The number of hydrogen-bond donors (Lipinski definition) is 1. The predicted octanol–water partition coefficient (Wildman–Crippen LogP) is -3.78. The fourth-order valence-corrected chi connectivity index (χ4v) is 0. The van der Waals surface area contributed by atoms with Crippen molar-refractivity contribution in [3.8, 4) is 0 Å². The van der Waals surface area contributed by atoms with Gasteiger partial charge in [-0.2, -0.15) is 0 Å². The second-order valence-electron chi connectivity index (χ2n) is 0.0745. The van der Waals surface area contributed by atoms with Gasteiger partial charge in [-0.25, -0.2) is 0 Å². The molecule has 47 valence electrons. The van der Waals surface area contributed by atoms with E-state index in [4.69, 9.17) is 8.38 Å². The maximum absolute atomic E-state index is 8.55. The van der Waals surface area contributed by atoms with Crippen molar-refractivity contribution >= 4 is 15.6 Å². The molecule has 0 heterocycles. The van der Waals surface area contributed by atoms with E-state index >= 15 is 0 Å². The van der Waals surface area contributed by atoms with Gasteiger partial charge in [0.15, 0.2) is 0 Å². The third-order valence-electron chi connectivity index (χ3n) is 0. The molecule has 0 bridgehead atoms. The molecule has 1 radical (unpaired) electrons. The van der Waals surface area contributed by atoms with Crippen LogP contribution >= 0.6 is 0 Å². The van der Waals surface area contributed by atoms with E-state index in [1.54, 1.807) is 0 Å². The molecule has 0 aliphatic heterocycles. The molecule has 0 unspecified atom stereocenters. The van der Waals surface area contributed by atoms with Crippen LogP contribution in [-0.4, -0.2) is 30.8 Å². The summed E-state index contributed by atoms with van der Waals surface area (Å²) in [6, 6.07) is 0. The monoisotopic (exact) mass is 212 g/mol. The molecule has 0 spiro atoms. The molecular formula is H5CuO4Se-. The Morgan fingerprint density at radius 2 is 1.33 bits per heavy atom. The summed E-state index contributed by atoms with van der Waals surface area (Å²) in [5, 5.41) is 0. The fraction of sp³-hybridized carbons (Fsp3) is 0. The Kier molecular flexibility index (Phi) is 190. The third-order valence-corrected chi connectivity index (χ3v) is 0. The van der Waals surface area contributed by atoms with Crippen LogP contribution in [0.1, 0.15) is 0 Å². The van der Waals surface area contributed by atoms with Gasteiger partial charge in [0.25, 0.3) is 0 Å². The Hall–Kier alpha value is 0.879. The van der Waals surface area contributed by atoms with Crippen molar-refractivity contribution < 1.29 is 36.4 Å². The van der Waals surface area contributed by atoms with Crippen LogP contribution in [-0.2, 0) is 17.1 Å². The summed E-state index contributed by atoms with van der Waals surface area (Å²) in [6.07, 6.45) is 0. The summed E-state index contributed by atoms with van der Waals surface area (Å²) in [6.45, 7) is 0. The standard InChI is InChI=1S/Cu.H2O2Se.2H2O/c;1-3-2;;/h;1-2H;2*1H2/p-1. The first kappa shape index (κ1) is 28.7. The molecule has 0 aliphatic carbocycles. The van der Waals surface area contributed by atoms with Crippen molar-refractivity contribution in [1.29, 1.82) is 0 Å². The van der Waals surface area contributed by atoms with Gasteiger partial charge < -0.3 is 11.0 Å². The fourth-order valence-electron chi connectivity index (χ4n) is 0. The first-order valence-corrected chi connectivity index (χ1v) is 1.81. The van der Waals surface area contributed by atoms with Crippen molar-refractivity contribution in [2.75, 3.05) is 0 Å². The summed E-state index contributed by atoms with van der Waals surface area (Å²) >= 11 is -1.38. The normalized spacial score (nSPS) is 3.00. The summed E-state index contributed by atoms with van der Waals surface area (Å²) < 4.78 is 15.6. The summed E-state index contributed by atoms with van der Waals surface area (Å²) in [5.41, 5.74) is 0. The average molecular weight is 212 g/mol. The molecule has 0 saturated carbocycles. The molecule has 6 heavy (non-hydrogen) atoms. The van der Waals surface area contributed by atoms with E-state index in [1.807, 2.05) is 0 Å². The Bertz CT molecular complexity index is 7.51. The minimum atomic E-state index is -1.38. The van der Waals surface area contributed by atoms with Crippen LogP contribution in [0.4, 0.5) is 0 Å². The Morgan fingerprint density at radius 3 is 1.33 bits per heavy atom. The van der Waals surface area contributed by atoms with Crippen LogP contribution in [0.25, 0.3) is 0 Å². The summed E-state index contributed by atoms with van der Waals surface area (Å²) in [7, 11) is 0. The van der Waals surface area contributed by atoms with Crippen LogP contribution in [0.2, 0.25) is 0 Å². The average Bonchev–Trinajstić information content (AvgIpc) is 0.918. The van der Waals surface area contributed by atoms with Gasteiger partial charge in [0.1, 0.15) is 0 Å². The zero-order valence-corrected chi connectivity index (χ0v) is 5.22. The van der Waals surface area contributed by atoms with Crippen molar-refractivity contribution in [2.24, 2.45) is 0 Å². The Labute approximate surface area is 52.5 Å². The van der Waals surface area contributed by atoms with Crippen molar-refractivity contribution in [1.82, 2.24) is 0 Å². The first-order valence-electron chi connectivity index (χ1n) is 0.349. The predicted molar refractivity (Wildman–Crippen MR) is 15.2 cm³/mol. The molecule has 0 amide bonds. The van der Waals surface area contributed by atoms with Crippen LogP contribution in [0.3, 0.4) is 0 Å². The topological polar surface area (TPSA) is 106 Å². The molecular weight excluding hydrogens is 207 g/mol. The number of hydrogen-bond acceptors (Lipinski definition) is 2. The third kappa shape index (κ3) is 95.0. The molecule has 0 rings (SSSR count). The SMILES string of the molecule is O.O.[Cu].[O-][Se]O. The van der Waals surface area contributed by atoms with Gasteiger partial charge in [-0.1, -0.05) is 0 Å². The molecule has 0 atom stereocenters. The molecule has 0 aromatic heterocycles. The zero-order chi connectivity index (χ0) is 2.71. The van der Waals surface area contributed by atoms with E-state index < -0.39 is 15.6 Å². The zero-order valence-electron chi connectivity index (χ0n) is 2.57. The second kappa shape index (κ2) is 39.6. The van der Waals surface area contributed by atoms with E-state index in [9.17, 15) is 0 Å². The quantitative estimate of drug-likeness (QED) is 0.415. The van der Waals surface area contributed by atoms with Gasteiger partial charge in [0.2, 0.25) is 0 Å². The second-order valence-corrected chi connectivity index (χ2v) is 0.387. The maximum atomic E-state index is 8.55. The van der Waals surface area contributed by atoms with Gasteiger partial charge in [0, 0.05) is 17.1 Å². The molecule has 0 aliphatic rings. The minimum absolute atomic E-state index is 0. The van der Waals surface area contributed by atoms with Gasteiger partial charge in [-0.15, -0.1) is 0 Å². The van der Waals surface area contributed by atoms with Crippen molar-refractivity contribution in [3.63, 3.8) is 0 Å². The van der Waals surface area contributed by atoms with Gasteiger partial charge in [0.05, 0.1) is 0 Å². The molecule has 0 aromatic carbocycles. The van der Waals surface area contributed by atoms with E-state index in [1.165, 1.54) is 0 Å². The van der Waals surface area contributed by atoms with Gasteiger partial charge in [-0.3, -0.25) is 0 Å². The summed E-state index contributed by atoms with van der Waals surface area (Å²) in [5.74, 6) is 0. The number of rotatable bonds is 0. The molecule has 0 aromatic rings. The molecule has 0 saturated heterocycles. The van der Waals surface area contributed by atoms with E-state index in [0.717, 1.165) is 0 Å². The van der Waals surface area contributed by atoms with Crippen LogP contribution in [0.15, 0.2) is 0 Å². The molecule has 5 N–H and O–H groups in total. The van der Waals surface area contributed by atoms with Crippen LogP contribution < -0.4 is 4.19 Å². The molecule has 0 fully saturated rings. The van der Waals surface area contributed by atoms with E-state index in [2.05, 4.69) is 0 Å². The van der Waals surface area contributed by atoms with Gasteiger partial charge >= 0.3 is 24.0 Å². The molecule has 6 heteroatoms. The van der Waals surface area contributed by atoms with Crippen molar-refractivity contribution in [2.45, 2.75) is 0 Å². The Morgan fingerprint density at radius 1 is 1.33 bits per heavy atom. The molecule has 4 nitrogen and oxygen atoms in total.